The second-order valence-electron chi connectivity index (χ2n) is 4.00. The Kier molecular flexibility index (Phi) is 5.74. The van der Waals surface area contributed by atoms with E-state index in [1.165, 1.54) is 19.2 Å². The van der Waals surface area contributed by atoms with Crippen molar-refractivity contribution in [1.82, 2.24) is 5.32 Å². The maximum atomic E-state index is 10.7. The smallest absolute Gasteiger partial charge is 0.270 e. The number of methoxy groups -OCH3 is 1. The van der Waals surface area contributed by atoms with Gasteiger partial charge in [0.15, 0.2) is 0 Å². The van der Waals surface area contributed by atoms with E-state index >= 15 is 0 Å². The lowest BCUT2D eigenvalue weighted by Gasteiger charge is -2.09. The molecule has 0 heterocycles. The molecule has 0 unspecified atom stereocenters. The number of primary amides is 1. The highest BCUT2D eigenvalue weighted by molar-refractivity contribution is 5.73. The number of nitro benzene ring substituents is 1. The average molecular weight is 267 g/mol. The highest BCUT2D eigenvalue weighted by atomic mass is 16.6. The van der Waals surface area contributed by atoms with Gasteiger partial charge in [-0.05, 0) is 19.0 Å². The number of amides is 1. The molecule has 7 nitrogen and oxygen atoms in total. The standard InChI is InChI=1S/C12H17N3O4/c1-19-11-5-4-10(15(17)18)7-9(11)8-14-6-2-3-12(13)16/h4-5,7,14H,2-3,6,8H2,1H3,(H2,13,16). The minimum atomic E-state index is -0.448. The number of carbonyl (C=O) groups is 1. The summed E-state index contributed by atoms with van der Waals surface area (Å²) >= 11 is 0. The van der Waals surface area contributed by atoms with Crippen molar-refractivity contribution in [2.45, 2.75) is 19.4 Å². The Morgan fingerprint density at radius 3 is 2.84 bits per heavy atom. The van der Waals surface area contributed by atoms with Crippen molar-refractivity contribution in [3.8, 4) is 5.75 Å². The van der Waals surface area contributed by atoms with E-state index in [4.69, 9.17) is 10.5 Å². The van der Waals surface area contributed by atoms with Gasteiger partial charge in [0.25, 0.3) is 5.69 Å². The van der Waals surface area contributed by atoms with Crippen LogP contribution in [-0.2, 0) is 11.3 Å². The zero-order valence-electron chi connectivity index (χ0n) is 10.7. The van der Waals surface area contributed by atoms with Gasteiger partial charge >= 0.3 is 0 Å². The molecule has 7 heteroatoms. The van der Waals surface area contributed by atoms with Gasteiger partial charge in [-0.15, -0.1) is 0 Å². The number of nitrogens with two attached hydrogens (primary N) is 1. The molecule has 19 heavy (non-hydrogen) atoms. The summed E-state index contributed by atoms with van der Waals surface area (Å²) in [6, 6.07) is 4.44. The second-order valence-corrected chi connectivity index (χ2v) is 4.00. The molecule has 1 amide bonds. The molecule has 0 fully saturated rings. The number of carbonyl (C=O) groups excluding carboxylic acids is 1. The molecule has 3 N–H and O–H groups in total. The van der Waals surface area contributed by atoms with Crippen molar-refractivity contribution >= 4 is 11.6 Å². The molecule has 0 saturated carbocycles. The molecule has 0 aliphatic rings. The number of non-ortho nitro benzene ring substituents is 1. The molecular formula is C12H17N3O4. The molecule has 1 aromatic carbocycles. The van der Waals surface area contributed by atoms with Crippen LogP contribution < -0.4 is 15.8 Å². The molecule has 0 radical (unpaired) electrons. The van der Waals surface area contributed by atoms with E-state index in [1.807, 2.05) is 0 Å². The van der Waals surface area contributed by atoms with Gasteiger partial charge in [-0.2, -0.15) is 0 Å². The van der Waals surface area contributed by atoms with Crippen LogP contribution in [0.1, 0.15) is 18.4 Å². The number of ether oxygens (including phenoxy) is 1. The molecule has 0 spiro atoms. The first-order chi connectivity index (χ1) is 9.04. The topological polar surface area (TPSA) is 107 Å². The third kappa shape index (κ3) is 4.92. The quantitative estimate of drug-likeness (QED) is 0.414. The molecule has 104 valence electrons. The van der Waals surface area contributed by atoms with Crippen molar-refractivity contribution in [2.75, 3.05) is 13.7 Å². The van der Waals surface area contributed by atoms with Crippen LogP contribution in [0, 0.1) is 10.1 Å². The summed E-state index contributed by atoms with van der Waals surface area (Å²) in [4.78, 5) is 20.8. The third-order valence-corrected chi connectivity index (χ3v) is 2.57. The lowest BCUT2D eigenvalue weighted by Crippen LogP contribution is -2.18. The van der Waals surface area contributed by atoms with E-state index in [2.05, 4.69) is 5.32 Å². The fourth-order valence-electron chi connectivity index (χ4n) is 1.63. The number of hydrogen-bond donors (Lipinski definition) is 2. The molecule has 1 aromatic rings. The highest BCUT2D eigenvalue weighted by Gasteiger charge is 2.10. The minimum absolute atomic E-state index is 0.0229. The number of nitrogens with zero attached hydrogens (tertiary/aromatic N) is 1. The van der Waals surface area contributed by atoms with Gasteiger partial charge in [-0.1, -0.05) is 0 Å². The fraction of sp³-hybridized carbons (Fsp3) is 0.417. The molecule has 0 aliphatic heterocycles. The SMILES string of the molecule is COc1ccc([N+](=O)[O-])cc1CNCCCC(N)=O. The van der Waals surface area contributed by atoms with Crippen LogP contribution in [0.15, 0.2) is 18.2 Å². The Hall–Kier alpha value is -2.15. The van der Waals surface area contributed by atoms with Crippen molar-refractivity contribution < 1.29 is 14.5 Å². The first kappa shape index (κ1) is 14.9. The summed E-state index contributed by atoms with van der Waals surface area (Å²) < 4.78 is 5.14. The Labute approximate surface area is 110 Å². The summed E-state index contributed by atoms with van der Waals surface area (Å²) in [5.74, 6) is 0.253. The molecule has 1 rings (SSSR count). The van der Waals surface area contributed by atoms with Crippen LogP contribution >= 0.6 is 0 Å². The Bertz CT molecular complexity index is 462. The predicted octanol–water partition coefficient (Wildman–Crippen LogP) is 0.958. The second kappa shape index (κ2) is 7.32. The van der Waals surface area contributed by atoms with Crippen molar-refractivity contribution in [2.24, 2.45) is 5.73 Å². The summed E-state index contributed by atoms with van der Waals surface area (Å²) in [5.41, 5.74) is 5.75. The van der Waals surface area contributed by atoms with Crippen LogP contribution in [-0.4, -0.2) is 24.5 Å². The van der Waals surface area contributed by atoms with Crippen LogP contribution in [0.2, 0.25) is 0 Å². The van der Waals surface area contributed by atoms with E-state index in [1.54, 1.807) is 6.07 Å². The predicted molar refractivity (Wildman–Crippen MR) is 69.8 cm³/mol. The van der Waals surface area contributed by atoms with Crippen molar-refractivity contribution in [1.29, 1.82) is 0 Å². The molecule has 0 aliphatic carbocycles. The molecule has 0 saturated heterocycles. The maximum Gasteiger partial charge on any atom is 0.270 e. The summed E-state index contributed by atoms with van der Waals surface area (Å²) in [5, 5.41) is 13.8. The van der Waals surface area contributed by atoms with Crippen LogP contribution in [0.25, 0.3) is 0 Å². The Balaban J connectivity index is 2.57. The lowest BCUT2D eigenvalue weighted by molar-refractivity contribution is -0.384. The van der Waals surface area contributed by atoms with E-state index in [0.29, 0.717) is 37.2 Å². The molecule has 0 atom stereocenters. The Morgan fingerprint density at radius 2 is 2.26 bits per heavy atom. The maximum absolute atomic E-state index is 10.7. The van der Waals surface area contributed by atoms with Gasteiger partial charge in [0.1, 0.15) is 5.75 Å². The van der Waals surface area contributed by atoms with Crippen LogP contribution in [0.3, 0.4) is 0 Å². The fourth-order valence-corrected chi connectivity index (χ4v) is 1.63. The van der Waals surface area contributed by atoms with Crippen LogP contribution in [0.4, 0.5) is 5.69 Å². The number of benzene rings is 1. The van der Waals surface area contributed by atoms with Crippen LogP contribution in [0.5, 0.6) is 5.75 Å². The van der Waals surface area contributed by atoms with Gasteiger partial charge in [0.2, 0.25) is 5.91 Å². The minimum Gasteiger partial charge on any atom is -0.496 e. The normalized spacial score (nSPS) is 10.2. The van der Waals surface area contributed by atoms with E-state index in [0.717, 1.165) is 0 Å². The summed E-state index contributed by atoms with van der Waals surface area (Å²) in [7, 11) is 1.51. The van der Waals surface area contributed by atoms with Crippen molar-refractivity contribution in [3.05, 3.63) is 33.9 Å². The monoisotopic (exact) mass is 267 g/mol. The molecule has 0 aromatic heterocycles. The number of nitrogens with one attached hydrogen (secondary N) is 1. The highest BCUT2D eigenvalue weighted by Crippen LogP contribution is 2.23. The van der Waals surface area contributed by atoms with Gasteiger partial charge in [-0.3, -0.25) is 14.9 Å². The van der Waals surface area contributed by atoms with E-state index in [-0.39, 0.29) is 11.6 Å². The zero-order chi connectivity index (χ0) is 14.3. The van der Waals surface area contributed by atoms with Gasteiger partial charge in [-0.25, -0.2) is 0 Å². The van der Waals surface area contributed by atoms with Gasteiger partial charge in [0.05, 0.1) is 12.0 Å². The summed E-state index contributed by atoms with van der Waals surface area (Å²) in [6.07, 6.45) is 0.950. The largest absolute Gasteiger partial charge is 0.496 e. The van der Waals surface area contributed by atoms with Gasteiger partial charge in [0, 0.05) is 30.7 Å². The summed E-state index contributed by atoms with van der Waals surface area (Å²) in [6.45, 7) is 1.04. The molecular weight excluding hydrogens is 250 g/mol. The Morgan fingerprint density at radius 1 is 1.53 bits per heavy atom. The molecule has 0 bridgehead atoms. The number of rotatable bonds is 8. The van der Waals surface area contributed by atoms with E-state index in [9.17, 15) is 14.9 Å². The first-order valence-electron chi connectivity index (χ1n) is 5.85. The lowest BCUT2D eigenvalue weighted by atomic mass is 10.1. The third-order valence-electron chi connectivity index (χ3n) is 2.57. The average Bonchev–Trinajstić information content (AvgIpc) is 2.37. The van der Waals surface area contributed by atoms with Gasteiger partial charge < -0.3 is 15.8 Å². The van der Waals surface area contributed by atoms with E-state index < -0.39 is 4.92 Å². The van der Waals surface area contributed by atoms with Crippen molar-refractivity contribution in [3.63, 3.8) is 0 Å². The first-order valence-corrected chi connectivity index (χ1v) is 5.85. The zero-order valence-corrected chi connectivity index (χ0v) is 10.7. The number of hydrogen-bond acceptors (Lipinski definition) is 5. The number of nitro groups is 1.